The van der Waals surface area contributed by atoms with Crippen molar-refractivity contribution in [3.8, 4) is 0 Å². The van der Waals surface area contributed by atoms with Crippen molar-refractivity contribution in [3.05, 3.63) is 79.8 Å². The lowest BCUT2D eigenvalue weighted by Crippen LogP contribution is -2.28. The molecular weight excluding hydrogens is 392 g/mol. The van der Waals surface area contributed by atoms with Crippen LogP contribution in [0.2, 0.25) is 0 Å². The molecule has 0 spiro atoms. The lowest BCUT2D eigenvalue weighted by atomic mass is 9.64. The second-order valence-corrected chi connectivity index (χ2v) is 9.94. The molecule has 0 aliphatic heterocycles. The van der Waals surface area contributed by atoms with Crippen LogP contribution < -0.4 is 0 Å². The average molecular weight is 419 g/mol. The molecule has 2 atom stereocenters. The lowest BCUT2D eigenvalue weighted by Gasteiger charge is -2.39. The topological polar surface area (TPSA) is 0 Å². The highest BCUT2D eigenvalue weighted by molar-refractivity contribution is 9.10. The Morgan fingerprint density at radius 3 is 2.67 bits per heavy atom. The predicted molar refractivity (Wildman–Crippen MR) is 119 cm³/mol. The molecule has 2 aromatic carbocycles. The molecule has 0 bridgehead atoms. The zero-order chi connectivity index (χ0) is 18.8. The van der Waals surface area contributed by atoms with Crippen LogP contribution in [0.1, 0.15) is 78.8 Å². The molecule has 3 aliphatic carbocycles. The summed E-state index contributed by atoms with van der Waals surface area (Å²) in [4.78, 5) is 0. The summed E-state index contributed by atoms with van der Waals surface area (Å²) in [5.74, 6) is 0.930. The average Bonchev–Trinajstić information content (AvgIpc) is 3.23. The summed E-state index contributed by atoms with van der Waals surface area (Å²) in [6.07, 6.45) is 12.3. The van der Waals surface area contributed by atoms with Gasteiger partial charge in [-0.2, -0.15) is 0 Å². The third-order valence-corrected chi connectivity index (χ3v) is 8.04. The van der Waals surface area contributed by atoms with Crippen molar-refractivity contribution in [2.75, 3.05) is 0 Å². The minimum absolute atomic E-state index is 0.136. The highest BCUT2D eigenvalue weighted by Gasteiger charge is 2.43. The molecule has 0 nitrogen and oxygen atoms in total. The number of rotatable bonds is 2. The second kappa shape index (κ2) is 6.21. The standard InChI is InChI=1S/C26H27Br/c1-16-14-22-21(15-18-9-5-7-11-20(18)25(22)27)24(16)26(2,3)23-13-12-17-8-4-6-10-19(17)23/h4,6,8,10,12-15,23-24H,5,7,9,11H2,1-3H3. The molecule has 0 fully saturated rings. The zero-order valence-corrected chi connectivity index (χ0v) is 18.1. The van der Waals surface area contributed by atoms with Crippen LogP contribution in [0, 0.1) is 5.41 Å². The van der Waals surface area contributed by atoms with Crippen molar-refractivity contribution in [2.45, 2.75) is 58.3 Å². The van der Waals surface area contributed by atoms with Crippen LogP contribution in [-0.4, -0.2) is 0 Å². The number of benzene rings is 2. The van der Waals surface area contributed by atoms with E-state index in [1.807, 2.05) is 0 Å². The molecule has 0 N–H and O–H groups in total. The van der Waals surface area contributed by atoms with Crippen LogP contribution in [0.15, 0.2) is 46.5 Å². The second-order valence-electron chi connectivity index (χ2n) is 9.15. The van der Waals surface area contributed by atoms with Crippen LogP contribution >= 0.6 is 15.9 Å². The summed E-state index contributed by atoms with van der Waals surface area (Å²) in [7, 11) is 0. The summed E-state index contributed by atoms with van der Waals surface area (Å²) >= 11 is 3.99. The van der Waals surface area contributed by atoms with Gasteiger partial charge in [-0.15, -0.1) is 0 Å². The lowest BCUT2D eigenvalue weighted by molar-refractivity contribution is 0.283. The SMILES string of the molecule is CC1=Cc2c(cc3c(c2Br)CCCC3)C1C(C)(C)C1C=Cc2ccccc21. The molecule has 5 rings (SSSR count). The van der Waals surface area contributed by atoms with Crippen LogP contribution in [0.4, 0.5) is 0 Å². The van der Waals surface area contributed by atoms with E-state index in [0.717, 1.165) is 0 Å². The van der Waals surface area contributed by atoms with Crippen molar-refractivity contribution in [1.82, 2.24) is 0 Å². The van der Waals surface area contributed by atoms with Crippen LogP contribution in [-0.2, 0) is 12.8 Å². The number of allylic oxidation sites excluding steroid dienone is 2. The van der Waals surface area contributed by atoms with Gasteiger partial charge in [-0.25, -0.2) is 0 Å². The van der Waals surface area contributed by atoms with Gasteiger partial charge >= 0.3 is 0 Å². The molecule has 0 saturated carbocycles. The fraction of sp³-hybridized carbons (Fsp3) is 0.385. The molecule has 1 heteroatoms. The molecule has 3 aliphatic rings. The van der Waals surface area contributed by atoms with Gasteiger partial charge in [-0.05, 0) is 87.3 Å². The highest BCUT2D eigenvalue weighted by Crippen LogP contribution is 2.57. The summed E-state index contributed by atoms with van der Waals surface area (Å²) < 4.78 is 1.37. The van der Waals surface area contributed by atoms with E-state index in [1.54, 1.807) is 16.7 Å². The van der Waals surface area contributed by atoms with Crippen molar-refractivity contribution in [1.29, 1.82) is 0 Å². The smallest absolute Gasteiger partial charge is 0.0285 e. The molecule has 2 unspecified atom stereocenters. The van der Waals surface area contributed by atoms with Gasteiger partial charge in [0, 0.05) is 16.3 Å². The molecule has 0 saturated heterocycles. The van der Waals surface area contributed by atoms with Gasteiger partial charge in [-0.3, -0.25) is 0 Å². The van der Waals surface area contributed by atoms with Crippen LogP contribution in [0.5, 0.6) is 0 Å². The molecule has 27 heavy (non-hydrogen) atoms. The Hall–Kier alpha value is -1.60. The summed E-state index contributed by atoms with van der Waals surface area (Å²) in [6.45, 7) is 7.27. The van der Waals surface area contributed by atoms with Crippen molar-refractivity contribution >= 4 is 28.1 Å². The van der Waals surface area contributed by atoms with E-state index in [9.17, 15) is 0 Å². The molecular formula is C26H27Br. The Labute approximate surface area is 171 Å². The predicted octanol–water partition coefficient (Wildman–Crippen LogP) is 7.67. The normalized spacial score (nSPS) is 23.0. The number of hydrogen-bond acceptors (Lipinski definition) is 0. The van der Waals surface area contributed by atoms with Crippen LogP contribution in [0.25, 0.3) is 12.2 Å². The number of halogens is 1. The molecule has 0 heterocycles. The van der Waals surface area contributed by atoms with Gasteiger partial charge in [0.25, 0.3) is 0 Å². The summed E-state index contributed by atoms with van der Waals surface area (Å²) in [5, 5.41) is 0. The maximum absolute atomic E-state index is 3.99. The van der Waals surface area contributed by atoms with E-state index in [0.29, 0.717) is 11.8 Å². The first-order chi connectivity index (χ1) is 13.0. The van der Waals surface area contributed by atoms with Gasteiger partial charge in [-0.1, -0.05) is 68.0 Å². The van der Waals surface area contributed by atoms with Gasteiger partial charge < -0.3 is 0 Å². The van der Waals surface area contributed by atoms with Crippen molar-refractivity contribution in [2.24, 2.45) is 5.41 Å². The van der Waals surface area contributed by atoms with E-state index in [4.69, 9.17) is 0 Å². The Bertz CT molecular complexity index is 990. The van der Waals surface area contributed by atoms with E-state index in [1.165, 1.54) is 52.4 Å². The number of fused-ring (bicyclic) bond motifs is 3. The minimum atomic E-state index is 0.136. The Morgan fingerprint density at radius 2 is 1.81 bits per heavy atom. The van der Waals surface area contributed by atoms with E-state index in [2.05, 4.69) is 85.3 Å². The largest absolute Gasteiger partial charge is 0.0758 e. The maximum atomic E-state index is 3.99. The minimum Gasteiger partial charge on any atom is -0.0758 e. The quantitative estimate of drug-likeness (QED) is 0.469. The fourth-order valence-electron chi connectivity index (χ4n) is 5.90. The molecule has 0 aromatic heterocycles. The number of hydrogen-bond donors (Lipinski definition) is 0. The zero-order valence-electron chi connectivity index (χ0n) is 16.5. The summed E-state index contributed by atoms with van der Waals surface area (Å²) in [5.41, 5.74) is 10.7. The number of aryl methyl sites for hydroxylation is 1. The van der Waals surface area contributed by atoms with Gasteiger partial charge in [0.2, 0.25) is 0 Å². The molecule has 0 amide bonds. The maximum Gasteiger partial charge on any atom is 0.0285 e. The van der Waals surface area contributed by atoms with Gasteiger partial charge in [0.15, 0.2) is 0 Å². The molecule has 0 radical (unpaired) electrons. The fourth-order valence-corrected chi connectivity index (χ4v) is 6.70. The first kappa shape index (κ1) is 17.5. The van der Waals surface area contributed by atoms with E-state index >= 15 is 0 Å². The summed E-state index contributed by atoms with van der Waals surface area (Å²) in [6, 6.07) is 11.5. The van der Waals surface area contributed by atoms with Crippen molar-refractivity contribution < 1.29 is 0 Å². The van der Waals surface area contributed by atoms with E-state index < -0.39 is 0 Å². The molecule has 138 valence electrons. The Balaban J connectivity index is 1.63. The van der Waals surface area contributed by atoms with Crippen LogP contribution in [0.3, 0.4) is 0 Å². The first-order valence-electron chi connectivity index (χ1n) is 10.3. The third-order valence-electron chi connectivity index (χ3n) is 7.14. The van der Waals surface area contributed by atoms with Gasteiger partial charge in [0.1, 0.15) is 0 Å². The van der Waals surface area contributed by atoms with Gasteiger partial charge in [0.05, 0.1) is 0 Å². The molecule has 2 aromatic rings. The Kier molecular flexibility index (Phi) is 4.02. The highest BCUT2D eigenvalue weighted by atomic mass is 79.9. The third kappa shape index (κ3) is 2.54. The Morgan fingerprint density at radius 1 is 1.04 bits per heavy atom. The van der Waals surface area contributed by atoms with Crippen molar-refractivity contribution in [3.63, 3.8) is 0 Å². The first-order valence-corrected chi connectivity index (χ1v) is 11.1. The van der Waals surface area contributed by atoms with E-state index in [-0.39, 0.29) is 5.41 Å². The monoisotopic (exact) mass is 418 g/mol.